The Morgan fingerprint density at radius 2 is 1.84 bits per heavy atom. The molecule has 1 fully saturated rings. The number of aromatic carboxylic acids is 1. The van der Waals surface area contributed by atoms with Gasteiger partial charge >= 0.3 is 5.97 Å². The standard InChI is InChI=1S/C27H31N3O2/c1-2-3-13-26-28-25(18-20-9-5-4-6-10-20)29-30(26)19-21-14-16-22(17-15-21)23-11-7-8-12-24(23)27(31)32/h3,7-8,11-17,20H,2,4-6,9-10,18-19H2,1H3,(H,31,32)/b13-3+. The molecular formula is C27H31N3O2. The fourth-order valence-electron chi connectivity index (χ4n) is 4.49. The van der Waals surface area contributed by atoms with Crippen LogP contribution in [0.25, 0.3) is 17.2 Å². The molecule has 166 valence electrons. The molecule has 0 aliphatic heterocycles. The third-order valence-corrected chi connectivity index (χ3v) is 6.20. The van der Waals surface area contributed by atoms with Gasteiger partial charge in [0.2, 0.25) is 0 Å². The van der Waals surface area contributed by atoms with Gasteiger partial charge in [0.1, 0.15) is 0 Å². The van der Waals surface area contributed by atoms with Crippen LogP contribution in [0.3, 0.4) is 0 Å². The van der Waals surface area contributed by atoms with Crippen molar-refractivity contribution in [2.75, 3.05) is 0 Å². The van der Waals surface area contributed by atoms with E-state index in [9.17, 15) is 9.90 Å². The molecule has 0 saturated heterocycles. The summed E-state index contributed by atoms with van der Waals surface area (Å²) in [6, 6.07) is 15.2. The molecule has 5 heteroatoms. The summed E-state index contributed by atoms with van der Waals surface area (Å²) >= 11 is 0. The number of carboxylic acid groups (broad SMARTS) is 1. The summed E-state index contributed by atoms with van der Waals surface area (Å²) in [6.45, 7) is 2.76. The Hall–Kier alpha value is -3.21. The summed E-state index contributed by atoms with van der Waals surface area (Å²) in [6.07, 6.45) is 12.7. The maximum absolute atomic E-state index is 11.5. The van der Waals surface area contributed by atoms with Crippen LogP contribution in [0.4, 0.5) is 0 Å². The van der Waals surface area contributed by atoms with Crippen LogP contribution in [-0.2, 0) is 13.0 Å². The average molecular weight is 430 g/mol. The zero-order chi connectivity index (χ0) is 22.3. The van der Waals surface area contributed by atoms with Crippen LogP contribution in [0.15, 0.2) is 54.6 Å². The largest absolute Gasteiger partial charge is 0.478 e. The van der Waals surface area contributed by atoms with Gasteiger partial charge in [0, 0.05) is 6.42 Å². The molecule has 1 saturated carbocycles. The summed E-state index contributed by atoms with van der Waals surface area (Å²) in [5.41, 5.74) is 3.06. The van der Waals surface area contributed by atoms with E-state index in [1.165, 1.54) is 32.1 Å². The van der Waals surface area contributed by atoms with Crippen molar-refractivity contribution in [1.82, 2.24) is 14.8 Å². The number of rotatable bonds is 8. The first kappa shape index (κ1) is 22.0. The van der Waals surface area contributed by atoms with E-state index in [4.69, 9.17) is 10.1 Å². The topological polar surface area (TPSA) is 68.0 Å². The highest BCUT2D eigenvalue weighted by Gasteiger charge is 2.18. The second kappa shape index (κ2) is 10.4. The molecule has 1 aliphatic rings. The molecule has 1 heterocycles. The van der Waals surface area contributed by atoms with E-state index in [-0.39, 0.29) is 0 Å². The van der Waals surface area contributed by atoms with E-state index >= 15 is 0 Å². The number of benzene rings is 2. The first-order valence-electron chi connectivity index (χ1n) is 11.7. The van der Waals surface area contributed by atoms with Gasteiger partial charge in [-0.2, -0.15) is 5.10 Å². The van der Waals surface area contributed by atoms with E-state index in [2.05, 4.69) is 19.1 Å². The van der Waals surface area contributed by atoms with E-state index in [1.54, 1.807) is 12.1 Å². The fourth-order valence-corrected chi connectivity index (χ4v) is 4.49. The summed E-state index contributed by atoms with van der Waals surface area (Å²) < 4.78 is 1.99. The minimum absolute atomic E-state index is 0.316. The van der Waals surface area contributed by atoms with Crippen molar-refractivity contribution in [3.63, 3.8) is 0 Å². The molecule has 4 rings (SSSR count). The highest BCUT2D eigenvalue weighted by molar-refractivity contribution is 5.95. The minimum atomic E-state index is -0.912. The normalized spacial score (nSPS) is 14.8. The molecule has 5 nitrogen and oxygen atoms in total. The number of hydrogen-bond acceptors (Lipinski definition) is 3. The van der Waals surface area contributed by atoms with E-state index in [1.807, 2.05) is 41.1 Å². The second-order valence-corrected chi connectivity index (χ2v) is 8.61. The first-order chi connectivity index (χ1) is 15.6. The Morgan fingerprint density at radius 1 is 1.09 bits per heavy atom. The van der Waals surface area contributed by atoms with E-state index < -0.39 is 5.97 Å². The number of nitrogens with zero attached hydrogens (tertiary/aromatic N) is 3. The summed E-state index contributed by atoms with van der Waals surface area (Å²) in [4.78, 5) is 16.4. The highest BCUT2D eigenvalue weighted by Crippen LogP contribution is 2.27. The minimum Gasteiger partial charge on any atom is -0.478 e. The second-order valence-electron chi connectivity index (χ2n) is 8.61. The van der Waals surface area contributed by atoms with Crippen molar-refractivity contribution < 1.29 is 9.90 Å². The van der Waals surface area contributed by atoms with Crippen molar-refractivity contribution in [2.24, 2.45) is 5.92 Å². The van der Waals surface area contributed by atoms with Crippen LogP contribution in [0.1, 0.15) is 73.0 Å². The summed E-state index contributed by atoms with van der Waals surface area (Å²) in [7, 11) is 0. The number of carbonyl (C=O) groups is 1. The lowest BCUT2D eigenvalue weighted by Crippen LogP contribution is -2.10. The Labute approximate surface area is 189 Å². The lowest BCUT2D eigenvalue weighted by atomic mass is 9.87. The predicted molar refractivity (Wildman–Crippen MR) is 128 cm³/mol. The van der Waals surface area contributed by atoms with Gasteiger partial charge in [-0.05, 0) is 41.2 Å². The average Bonchev–Trinajstić information content (AvgIpc) is 3.19. The summed E-state index contributed by atoms with van der Waals surface area (Å²) in [5, 5.41) is 14.3. The Bertz CT molecular complexity index is 1080. The lowest BCUT2D eigenvalue weighted by molar-refractivity contribution is 0.0697. The van der Waals surface area contributed by atoms with Crippen molar-refractivity contribution in [3.05, 3.63) is 77.4 Å². The predicted octanol–water partition coefficient (Wildman–Crippen LogP) is 6.24. The number of allylic oxidation sites excluding steroid dienone is 1. The van der Waals surface area contributed by atoms with E-state index in [0.717, 1.165) is 41.2 Å². The molecule has 0 unspecified atom stereocenters. The van der Waals surface area contributed by atoms with Gasteiger partial charge in [0.05, 0.1) is 12.1 Å². The van der Waals surface area contributed by atoms with Gasteiger partial charge in [0.25, 0.3) is 0 Å². The molecule has 32 heavy (non-hydrogen) atoms. The smallest absolute Gasteiger partial charge is 0.336 e. The molecular weight excluding hydrogens is 398 g/mol. The maximum atomic E-state index is 11.5. The van der Waals surface area contributed by atoms with Crippen molar-refractivity contribution >= 4 is 12.0 Å². The van der Waals surface area contributed by atoms with Gasteiger partial charge in [-0.3, -0.25) is 0 Å². The molecule has 0 radical (unpaired) electrons. The Kier molecular flexibility index (Phi) is 7.15. The highest BCUT2D eigenvalue weighted by atomic mass is 16.4. The van der Waals surface area contributed by atoms with Crippen LogP contribution in [0, 0.1) is 5.92 Å². The zero-order valence-corrected chi connectivity index (χ0v) is 18.7. The fraction of sp³-hybridized carbons (Fsp3) is 0.370. The molecule has 2 aromatic carbocycles. The van der Waals surface area contributed by atoms with Gasteiger partial charge in [0.15, 0.2) is 11.6 Å². The van der Waals surface area contributed by atoms with Crippen LogP contribution < -0.4 is 0 Å². The molecule has 1 N–H and O–H groups in total. The third-order valence-electron chi connectivity index (χ3n) is 6.20. The zero-order valence-electron chi connectivity index (χ0n) is 18.7. The monoisotopic (exact) mass is 429 g/mol. The van der Waals surface area contributed by atoms with Crippen molar-refractivity contribution in [3.8, 4) is 11.1 Å². The third kappa shape index (κ3) is 5.34. The first-order valence-corrected chi connectivity index (χ1v) is 11.7. The maximum Gasteiger partial charge on any atom is 0.336 e. The van der Waals surface area contributed by atoms with Gasteiger partial charge in [-0.1, -0.05) is 87.6 Å². The van der Waals surface area contributed by atoms with E-state index in [0.29, 0.717) is 18.0 Å². The van der Waals surface area contributed by atoms with Crippen molar-refractivity contribution in [2.45, 2.75) is 58.4 Å². The van der Waals surface area contributed by atoms with Crippen LogP contribution in [-0.4, -0.2) is 25.8 Å². The van der Waals surface area contributed by atoms with Crippen LogP contribution in [0.5, 0.6) is 0 Å². The SMILES string of the molecule is CC/C=C/c1nc(CC2CCCCC2)nn1Cc1ccc(-c2ccccc2C(=O)O)cc1. The lowest BCUT2D eigenvalue weighted by Gasteiger charge is -2.19. The van der Waals surface area contributed by atoms with Crippen molar-refractivity contribution in [1.29, 1.82) is 0 Å². The molecule has 3 aromatic rings. The molecule has 0 atom stereocenters. The van der Waals surface area contributed by atoms with Gasteiger partial charge in [-0.25, -0.2) is 14.5 Å². The molecule has 1 aromatic heterocycles. The Balaban J connectivity index is 1.54. The van der Waals surface area contributed by atoms with Gasteiger partial charge < -0.3 is 5.11 Å². The number of hydrogen-bond donors (Lipinski definition) is 1. The molecule has 0 amide bonds. The van der Waals surface area contributed by atoms with Crippen LogP contribution >= 0.6 is 0 Å². The summed E-state index contributed by atoms with van der Waals surface area (Å²) in [5.74, 6) is 1.64. The van der Waals surface area contributed by atoms with Gasteiger partial charge in [-0.15, -0.1) is 0 Å². The number of aromatic nitrogens is 3. The Morgan fingerprint density at radius 3 is 2.56 bits per heavy atom. The molecule has 0 spiro atoms. The molecule has 0 bridgehead atoms. The van der Waals surface area contributed by atoms with Crippen LogP contribution in [0.2, 0.25) is 0 Å². The number of carboxylic acids is 1. The molecule has 1 aliphatic carbocycles. The quantitative estimate of drug-likeness (QED) is 0.460.